The van der Waals surface area contributed by atoms with E-state index in [0.29, 0.717) is 18.9 Å². The molecular formula is C21H24F2N4O. The van der Waals surface area contributed by atoms with Crippen molar-refractivity contribution in [1.29, 1.82) is 0 Å². The number of aromatic amines is 1. The molecule has 0 saturated carbocycles. The number of nitrogens with zero attached hydrogens (tertiary/aromatic N) is 1. The predicted molar refractivity (Wildman–Crippen MR) is 108 cm³/mol. The van der Waals surface area contributed by atoms with Crippen molar-refractivity contribution in [3.63, 3.8) is 0 Å². The fourth-order valence-electron chi connectivity index (χ4n) is 3.11. The van der Waals surface area contributed by atoms with Gasteiger partial charge in [0.05, 0.1) is 13.2 Å². The number of halogens is 2. The van der Waals surface area contributed by atoms with Crippen LogP contribution in [-0.2, 0) is 6.42 Å². The molecule has 1 aromatic heterocycles. The lowest BCUT2D eigenvalue weighted by Crippen LogP contribution is -2.39. The number of guanidine groups is 1. The van der Waals surface area contributed by atoms with Gasteiger partial charge in [0.1, 0.15) is 5.82 Å². The number of ether oxygens (including phenoxy) is 1. The van der Waals surface area contributed by atoms with Crippen molar-refractivity contribution in [3.8, 4) is 5.75 Å². The number of aliphatic imine (C=N–C) groups is 1. The average Bonchev–Trinajstić information content (AvgIpc) is 3.09. The van der Waals surface area contributed by atoms with Gasteiger partial charge >= 0.3 is 0 Å². The molecule has 3 rings (SSSR count). The van der Waals surface area contributed by atoms with Crippen LogP contribution in [0.4, 0.5) is 8.78 Å². The van der Waals surface area contributed by atoms with E-state index in [1.807, 2.05) is 19.2 Å². The summed E-state index contributed by atoms with van der Waals surface area (Å²) in [6.45, 7) is 2.55. The van der Waals surface area contributed by atoms with Crippen molar-refractivity contribution < 1.29 is 13.5 Å². The van der Waals surface area contributed by atoms with E-state index in [4.69, 9.17) is 4.74 Å². The molecule has 0 amide bonds. The monoisotopic (exact) mass is 386 g/mol. The fourth-order valence-corrected chi connectivity index (χ4v) is 3.11. The number of hydrogen-bond acceptors (Lipinski definition) is 2. The zero-order valence-corrected chi connectivity index (χ0v) is 16.1. The van der Waals surface area contributed by atoms with Crippen molar-refractivity contribution in [1.82, 2.24) is 15.6 Å². The normalized spacial score (nSPS) is 12.8. The Balaban J connectivity index is 1.58. The van der Waals surface area contributed by atoms with Gasteiger partial charge in [0.25, 0.3) is 0 Å². The maximum atomic E-state index is 13.9. The van der Waals surface area contributed by atoms with Gasteiger partial charge in [-0.1, -0.05) is 6.07 Å². The van der Waals surface area contributed by atoms with Crippen LogP contribution >= 0.6 is 0 Å². The molecule has 0 saturated heterocycles. The van der Waals surface area contributed by atoms with Crippen LogP contribution in [0.15, 0.2) is 47.6 Å². The lowest BCUT2D eigenvalue weighted by Gasteiger charge is -2.18. The number of nitrogens with one attached hydrogen (secondary N) is 3. The highest BCUT2D eigenvalue weighted by atomic mass is 19.1. The summed E-state index contributed by atoms with van der Waals surface area (Å²) in [6.07, 6.45) is 2.60. The van der Waals surface area contributed by atoms with Gasteiger partial charge in [0.2, 0.25) is 0 Å². The van der Waals surface area contributed by atoms with Crippen LogP contribution in [0.2, 0.25) is 0 Å². The number of methoxy groups -OCH3 is 1. The summed E-state index contributed by atoms with van der Waals surface area (Å²) < 4.78 is 32.4. The van der Waals surface area contributed by atoms with Crippen molar-refractivity contribution in [2.45, 2.75) is 19.4 Å². The number of hydrogen-bond donors (Lipinski definition) is 3. The van der Waals surface area contributed by atoms with Gasteiger partial charge in [-0.15, -0.1) is 0 Å². The summed E-state index contributed by atoms with van der Waals surface area (Å²) in [5, 5.41) is 7.36. The lowest BCUT2D eigenvalue weighted by molar-refractivity contribution is 0.386. The van der Waals surface area contributed by atoms with Gasteiger partial charge in [-0.05, 0) is 54.8 Å². The van der Waals surface area contributed by atoms with E-state index < -0.39 is 5.82 Å². The Hall–Kier alpha value is -3.09. The molecule has 1 atom stereocenters. The van der Waals surface area contributed by atoms with Crippen LogP contribution < -0.4 is 15.4 Å². The molecule has 1 heterocycles. The minimum atomic E-state index is -0.400. The molecule has 3 N–H and O–H groups in total. The minimum Gasteiger partial charge on any atom is -0.494 e. The van der Waals surface area contributed by atoms with Crippen LogP contribution in [0.3, 0.4) is 0 Å². The molecule has 3 aromatic rings. The van der Waals surface area contributed by atoms with Crippen LogP contribution in [-0.4, -0.2) is 31.6 Å². The van der Waals surface area contributed by atoms with Crippen molar-refractivity contribution in [3.05, 3.63) is 65.4 Å². The molecule has 0 aliphatic heterocycles. The third-order valence-electron chi connectivity index (χ3n) is 4.67. The van der Waals surface area contributed by atoms with Gasteiger partial charge in [-0.25, -0.2) is 8.78 Å². The van der Waals surface area contributed by atoms with Gasteiger partial charge in [0, 0.05) is 30.7 Å². The first-order valence-corrected chi connectivity index (χ1v) is 9.08. The Bertz CT molecular complexity index is 984. The highest BCUT2D eigenvalue weighted by Gasteiger charge is 2.11. The maximum absolute atomic E-state index is 13.9. The first-order valence-electron chi connectivity index (χ1n) is 9.08. The van der Waals surface area contributed by atoms with E-state index in [-0.39, 0.29) is 17.6 Å². The molecule has 1 unspecified atom stereocenters. The summed E-state index contributed by atoms with van der Waals surface area (Å²) >= 11 is 0. The van der Waals surface area contributed by atoms with Crippen molar-refractivity contribution >= 4 is 16.9 Å². The Labute approximate surface area is 162 Å². The zero-order chi connectivity index (χ0) is 20.1. The summed E-state index contributed by atoms with van der Waals surface area (Å²) in [4.78, 5) is 7.36. The fraction of sp³-hybridized carbons (Fsp3) is 0.286. The number of H-pyrrole nitrogens is 1. The largest absolute Gasteiger partial charge is 0.494 e. The van der Waals surface area contributed by atoms with Gasteiger partial charge in [-0.3, -0.25) is 4.99 Å². The quantitative estimate of drug-likeness (QED) is 0.444. The highest BCUT2D eigenvalue weighted by Crippen LogP contribution is 2.22. The first kappa shape index (κ1) is 19.7. The Kier molecular flexibility index (Phi) is 6.13. The SMILES string of the molecule is CN=C(NCCc1c[nH]c2ccc(F)cc12)NC(C)c1ccc(OC)c(F)c1. The van der Waals surface area contributed by atoms with Crippen LogP contribution in [0, 0.1) is 11.6 Å². The summed E-state index contributed by atoms with van der Waals surface area (Å²) in [5.74, 6) is 0.172. The summed E-state index contributed by atoms with van der Waals surface area (Å²) in [6, 6.07) is 9.43. The van der Waals surface area contributed by atoms with E-state index in [1.165, 1.54) is 25.3 Å². The number of benzene rings is 2. The topological polar surface area (TPSA) is 61.4 Å². The third-order valence-corrected chi connectivity index (χ3v) is 4.67. The van der Waals surface area contributed by atoms with E-state index >= 15 is 0 Å². The molecule has 7 heteroatoms. The average molecular weight is 386 g/mol. The Morgan fingerprint density at radius 2 is 2.04 bits per heavy atom. The lowest BCUT2D eigenvalue weighted by atomic mass is 10.1. The van der Waals surface area contributed by atoms with E-state index in [0.717, 1.165) is 22.0 Å². The van der Waals surface area contributed by atoms with E-state index in [9.17, 15) is 8.78 Å². The molecule has 5 nitrogen and oxygen atoms in total. The summed E-state index contributed by atoms with van der Waals surface area (Å²) in [5.41, 5.74) is 2.73. The smallest absolute Gasteiger partial charge is 0.191 e. The number of rotatable bonds is 6. The van der Waals surface area contributed by atoms with Crippen molar-refractivity contribution in [2.24, 2.45) is 4.99 Å². The predicted octanol–water partition coefficient (Wildman–Crippen LogP) is 3.92. The molecule has 2 aromatic carbocycles. The van der Waals surface area contributed by atoms with Crippen LogP contribution in [0.5, 0.6) is 5.75 Å². The molecule has 0 spiro atoms. The van der Waals surface area contributed by atoms with E-state index in [1.54, 1.807) is 19.2 Å². The zero-order valence-electron chi connectivity index (χ0n) is 16.1. The van der Waals surface area contributed by atoms with E-state index in [2.05, 4.69) is 20.6 Å². The Morgan fingerprint density at radius 1 is 1.21 bits per heavy atom. The molecular weight excluding hydrogens is 362 g/mol. The summed E-state index contributed by atoms with van der Waals surface area (Å²) in [7, 11) is 3.12. The number of aromatic nitrogens is 1. The first-order chi connectivity index (χ1) is 13.5. The van der Waals surface area contributed by atoms with Gasteiger partial charge < -0.3 is 20.4 Å². The molecule has 0 aliphatic carbocycles. The molecule has 0 aliphatic rings. The standard InChI is InChI=1S/C21H24F2N4O/c1-13(14-4-7-20(28-3)18(23)10-14)27-21(24-2)25-9-8-15-12-26-19-6-5-16(22)11-17(15)19/h4-7,10-13,26H,8-9H2,1-3H3,(H2,24,25,27). The molecule has 28 heavy (non-hydrogen) atoms. The van der Waals surface area contributed by atoms with Gasteiger partial charge in [0.15, 0.2) is 17.5 Å². The molecule has 148 valence electrons. The number of fused-ring (bicyclic) bond motifs is 1. The van der Waals surface area contributed by atoms with Crippen molar-refractivity contribution in [2.75, 3.05) is 20.7 Å². The maximum Gasteiger partial charge on any atom is 0.191 e. The second kappa shape index (κ2) is 8.73. The second-order valence-electron chi connectivity index (χ2n) is 6.51. The Morgan fingerprint density at radius 3 is 2.75 bits per heavy atom. The molecule has 0 fully saturated rings. The molecule has 0 bridgehead atoms. The van der Waals surface area contributed by atoms with Crippen LogP contribution in [0.1, 0.15) is 24.1 Å². The van der Waals surface area contributed by atoms with Crippen LogP contribution in [0.25, 0.3) is 10.9 Å². The highest BCUT2D eigenvalue weighted by molar-refractivity contribution is 5.83. The third kappa shape index (κ3) is 4.42. The minimum absolute atomic E-state index is 0.145. The molecule has 0 radical (unpaired) electrons. The van der Waals surface area contributed by atoms with Gasteiger partial charge in [-0.2, -0.15) is 0 Å². The second-order valence-corrected chi connectivity index (χ2v) is 6.51.